The van der Waals surface area contributed by atoms with Gasteiger partial charge in [0, 0.05) is 31.7 Å². The first kappa shape index (κ1) is 24.1. The van der Waals surface area contributed by atoms with E-state index in [1.165, 1.54) is 4.90 Å². The number of hydrogen-bond acceptors (Lipinski definition) is 4. The normalized spacial score (nSPS) is 14.0. The molecular weight excluding hydrogens is 470 g/mol. The summed E-state index contributed by atoms with van der Waals surface area (Å²) in [5.41, 5.74) is -0.471. The molecule has 0 bridgehead atoms. The van der Waals surface area contributed by atoms with E-state index in [1.54, 1.807) is 29.2 Å². The van der Waals surface area contributed by atoms with Crippen molar-refractivity contribution in [2.75, 3.05) is 31.1 Å². The Morgan fingerprint density at radius 3 is 2.22 bits per heavy atom. The average molecular weight is 490 g/mol. The van der Waals surface area contributed by atoms with E-state index in [2.05, 4.69) is 5.32 Å². The number of carbonyl (C=O) groups is 1. The first-order chi connectivity index (χ1) is 15.1. The first-order valence-corrected chi connectivity index (χ1v) is 10.5. The molecule has 1 amide bonds. The Balaban J connectivity index is 1.64. The zero-order valence-corrected chi connectivity index (χ0v) is 18.8. The van der Waals surface area contributed by atoms with Crippen molar-refractivity contribution in [3.63, 3.8) is 0 Å². The third-order valence-electron chi connectivity index (χ3n) is 4.76. The number of hydrogen-bond donors (Lipinski definition) is 1. The summed E-state index contributed by atoms with van der Waals surface area (Å²) in [5.74, 6) is -6.29. The van der Waals surface area contributed by atoms with Crippen molar-refractivity contribution in [3.05, 3.63) is 58.1 Å². The fraction of sp³-hybridized carbons (Fsp3) is 0.333. The minimum atomic E-state index is -1.64. The molecule has 11 heteroatoms. The van der Waals surface area contributed by atoms with Crippen molar-refractivity contribution in [2.45, 2.75) is 20.0 Å². The molecule has 1 saturated heterocycles. The zero-order chi connectivity index (χ0) is 23.6. The number of carbonyl (C=O) groups excluding carboxylic acids is 1. The molecule has 0 saturated carbocycles. The molecule has 3 rings (SSSR count). The van der Waals surface area contributed by atoms with Gasteiger partial charge in [-0.25, -0.2) is 17.6 Å². The van der Waals surface area contributed by atoms with Crippen LogP contribution in [-0.4, -0.2) is 48.2 Å². The molecule has 0 aliphatic carbocycles. The van der Waals surface area contributed by atoms with Crippen molar-refractivity contribution < 1.29 is 27.1 Å². The highest BCUT2D eigenvalue weighted by Gasteiger charge is 2.30. The molecule has 0 spiro atoms. The average Bonchev–Trinajstić information content (AvgIpc) is 2.76. The van der Waals surface area contributed by atoms with Crippen LogP contribution in [0.1, 0.15) is 24.2 Å². The summed E-state index contributed by atoms with van der Waals surface area (Å²) in [6, 6.07) is 6.61. The molecule has 1 heterocycles. The predicted molar refractivity (Wildman–Crippen MR) is 117 cm³/mol. The first-order valence-electron chi connectivity index (χ1n) is 9.73. The van der Waals surface area contributed by atoms with Gasteiger partial charge in [-0.2, -0.15) is 0 Å². The Morgan fingerprint density at radius 2 is 1.66 bits per heavy atom. The molecule has 2 aromatic carbocycles. The summed E-state index contributed by atoms with van der Waals surface area (Å²) in [5, 5.41) is 1.50. The molecule has 5 nitrogen and oxygen atoms in total. The number of nitrogens with zero attached hydrogens (tertiary/aromatic N) is 2. The van der Waals surface area contributed by atoms with Crippen LogP contribution in [0.15, 0.2) is 24.3 Å². The van der Waals surface area contributed by atoms with Gasteiger partial charge < -0.3 is 14.5 Å². The fourth-order valence-electron chi connectivity index (χ4n) is 3.24. The van der Waals surface area contributed by atoms with Crippen LogP contribution in [0.4, 0.5) is 23.2 Å². The van der Waals surface area contributed by atoms with Gasteiger partial charge in [-0.3, -0.25) is 10.1 Å². The van der Waals surface area contributed by atoms with E-state index < -0.39 is 39.9 Å². The Morgan fingerprint density at radius 1 is 1.06 bits per heavy atom. The number of piperazine rings is 1. The predicted octanol–water partition coefficient (Wildman–Crippen LogP) is 4.52. The lowest BCUT2D eigenvalue weighted by molar-refractivity contribution is 0.0972. The Hall–Kier alpha value is -2.59. The van der Waals surface area contributed by atoms with Gasteiger partial charge in [0.15, 0.2) is 28.4 Å². The van der Waals surface area contributed by atoms with Crippen LogP contribution >= 0.6 is 23.8 Å². The van der Waals surface area contributed by atoms with Crippen molar-refractivity contribution in [3.8, 4) is 5.75 Å². The highest BCUT2D eigenvalue weighted by molar-refractivity contribution is 7.80. The number of rotatable bonds is 4. The van der Waals surface area contributed by atoms with Gasteiger partial charge in [-0.15, -0.1) is 0 Å². The summed E-state index contributed by atoms with van der Waals surface area (Å²) in [7, 11) is 0. The number of nitrogens with one attached hydrogen (secondary N) is 1. The topological polar surface area (TPSA) is 44.8 Å². The molecule has 1 aliphatic rings. The third kappa shape index (κ3) is 5.07. The van der Waals surface area contributed by atoms with Gasteiger partial charge in [0.1, 0.15) is 16.5 Å². The maximum Gasteiger partial charge on any atom is 0.257 e. The molecule has 32 heavy (non-hydrogen) atoms. The number of thiocarbonyl (C=S) groups is 1. The number of ether oxygens (including phenoxy) is 1. The van der Waals surface area contributed by atoms with Gasteiger partial charge >= 0.3 is 0 Å². The number of benzene rings is 2. The summed E-state index contributed by atoms with van der Waals surface area (Å²) in [4.78, 5) is 15.3. The minimum Gasteiger partial charge on any atom is -0.491 e. The van der Waals surface area contributed by atoms with E-state index in [0.717, 1.165) is 0 Å². The van der Waals surface area contributed by atoms with Crippen molar-refractivity contribution in [2.24, 2.45) is 0 Å². The quantitative estimate of drug-likeness (QED) is 0.296. The molecule has 1 fully saturated rings. The number of halogens is 5. The molecule has 2 aromatic rings. The van der Waals surface area contributed by atoms with Crippen LogP contribution in [0, 0.1) is 23.3 Å². The third-order valence-corrected chi connectivity index (χ3v) is 5.45. The van der Waals surface area contributed by atoms with Crippen LogP contribution < -0.4 is 15.0 Å². The van der Waals surface area contributed by atoms with Gasteiger partial charge in [0.05, 0.1) is 6.10 Å². The summed E-state index contributed by atoms with van der Waals surface area (Å²) < 4.78 is 61.5. The van der Waals surface area contributed by atoms with E-state index in [9.17, 15) is 22.4 Å². The fourth-order valence-corrected chi connectivity index (χ4v) is 3.68. The second-order valence-corrected chi connectivity index (χ2v) is 8.11. The molecule has 172 valence electrons. The maximum atomic E-state index is 14.2. The van der Waals surface area contributed by atoms with E-state index >= 15 is 0 Å². The summed E-state index contributed by atoms with van der Waals surface area (Å²) >= 11 is 10.6. The van der Waals surface area contributed by atoms with Crippen LogP contribution in [0.5, 0.6) is 5.75 Å². The SMILES string of the molecule is CC(C)Oc1cccc(C(=O)NC(=S)N2CCN(c3c(F)c(F)c(Cl)c(F)c3F)CC2)c1. The standard InChI is InChI=1S/C21H20ClF4N3O2S/c1-11(2)31-13-5-3-4-12(10-13)20(30)27-21(32)29-8-6-28(7-9-29)19-17(25)15(23)14(22)16(24)18(19)26/h3-5,10-11H,6-9H2,1-2H3,(H,27,30,32). The van der Waals surface area contributed by atoms with Crippen molar-refractivity contribution in [1.82, 2.24) is 10.2 Å². The molecule has 1 N–H and O–H groups in total. The summed E-state index contributed by atoms with van der Waals surface area (Å²) in [6.45, 7) is 4.10. The van der Waals surface area contributed by atoms with Gasteiger partial charge in [0.2, 0.25) is 0 Å². The van der Waals surface area contributed by atoms with E-state index in [-0.39, 0.29) is 37.4 Å². The second kappa shape index (κ2) is 9.91. The molecular formula is C21H20ClF4N3O2S. The summed E-state index contributed by atoms with van der Waals surface area (Å²) in [6.07, 6.45) is -0.0528. The van der Waals surface area contributed by atoms with Crippen LogP contribution in [0.2, 0.25) is 5.02 Å². The van der Waals surface area contributed by atoms with Gasteiger partial charge in [-0.1, -0.05) is 17.7 Å². The van der Waals surface area contributed by atoms with Crippen molar-refractivity contribution >= 4 is 40.5 Å². The van der Waals surface area contributed by atoms with Crippen LogP contribution in [0.3, 0.4) is 0 Å². The highest BCUT2D eigenvalue weighted by Crippen LogP contribution is 2.33. The Kier molecular flexibility index (Phi) is 7.45. The molecule has 0 radical (unpaired) electrons. The molecule has 0 unspecified atom stereocenters. The molecule has 1 aliphatic heterocycles. The molecule has 0 atom stereocenters. The Labute approximate surface area is 192 Å². The minimum absolute atomic E-state index is 0.0159. The highest BCUT2D eigenvalue weighted by atomic mass is 35.5. The van der Waals surface area contributed by atoms with Gasteiger partial charge in [-0.05, 0) is 44.3 Å². The van der Waals surface area contributed by atoms with Crippen LogP contribution in [-0.2, 0) is 0 Å². The second-order valence-electron chi connectivity index (χ2n) is 7.35. The van der Waals surface area contributed by atoms with E-state index in [0.29, 0.717) is 11.3 Å². The Bertz CT molecular complexity index is 1020. The van der Waals surface area contributed by atoms with Gasteiger partial charge in [0.25, 0.3) is 5.91 Å². The van der Waals surface area contributed by atoms with Crippen molar-refractivity contribution in [1.29, 1.82) is 0 Å². The lowest BCUT2D eigenvalue weighted by atomic mass is 10.2. The smallest absolute Gasteiger partial charge is 0.257 e. The number of anilines is 1. The molecule has 0 aromatic heterocycles. The lowest BCUT2D eigenvalue weighted by Gasteiger charge is -2.37. The number of amides is 1. The zero-order valence-electron chi connectivity index (χ0n) is 17.2. The monoisotopic (exact) mass is 489 g/mol. The largest absolute Gasteiger partial charge is 0.491 e. The van der Waals surface area contributed by atoms with E-state index in [4.69, 9.17) is 28.6 Å². The maximum absolute atomic E-state index is 14.2. The van der Waals surface area contributed by atoms with Crippen LogP contribution in [0.25, 0.3) is 0 Å². The van der Waals surface area contributed by atoms with E-state index in [1.807, 2.05) is 13.8 Å². The lowest BCUT2D eigenvalue weighted by Crippen LogP contribution is -2.53.